The number of carbonyl (C=O) groups excluding carboxylic acids is 2. The number of hydrogen-bond donors (Lipinski definition) is 1. The average Bonchev–Trinajstić information content (AvgIpc) is 3.23. The minimum Gasteiger partial charge on any atom is -0.480 e. The Kier molecular flexibility index (Phi) is 3.88. The summed E-state index contributed by atoms with van der Waals surface area (Å²) in [5, 5.41) is 9.10. The highest BCUT2D eigenvalue weighted by Crippen LogP contribution is 2.30. The Balaban J connectivity index is 2.23. The van der Waals surface area contributed by atoms with Gasteiger partial charge in [-0.1, -0.05) is 12.1 Å². The molecule has 1 aromatic carbocycles. The zero-order chi connectivity index (χ0) is 14.9. The van der Waals surface area contributed by atoms with Gasteiger partial charge in [-0.2, -0.15) is 0 Å². The van der Waals surface area contributed by atoms with E-state index in [9.17, 15) is 14.4 Å². The zero-order valence-corrected chi connectivity index (χ0v) is 11.5. The van der Waals surface area contributed by atoms with Crippen LogP contribution in [0.5, 0.6) is 0 Å². The molecule has 0 bridgehead atoms. The molecule has 2 rings (SSSR count). The SMILES string of the molecule is CC(=O)c1ccc(C(=O)N(C2CC2)C(C)C(=O)O)cc1. The maximum Gasteiger partial charge on any atom is 0.326 e. The van der Waals surface area contributed by atoms with Crippen molar-refractivity contribution in [1.29, 1.82) is 0 Å². The normalized spacial score (nSPS) is 15.5. The fourth-order valence-electron chi connectivity index (χ4n) is 2.13. The number of hydrogen-bond acceptors (Lipinski definition) is 3. The zero-order valence-electron chi connectivity index (χ0n) is 11.5. The number of aliphatic carboxylic acids is 1. The van der Waals surface area contributed by atoms with Crippen molar-refractivity contribution in [1.82, 2.24) is 4.90 Å². The van der Waals surface area contributed by atoms with Crippen LogP contribution in [0.3, 0.4) is 0 Å². The molecule has 1 atom stereocenters. The minimum absolute atomic E-state index is 0.0149. The van der Waals surface area contributed by atoms with Gasteiger partial charge in [-0.25, -0.2) is 4.79 Å². The van der Waals surface area contributed by atoms with E-state index in [0.29, 0.717) is 11.1 Å². The average molecular weight is 275 g/mol. The molecule has 20 heavy (non-hydrogen) atoms. The molecule has 1 saturated carbocycles. The van der Waals surface area contributed by atoms with E-state index in [1.165, 1.54) is 18.7 Å². The van der Waals surface area contributed by atoms with Crippen molar-refractivity contribution >= 4 is 17.7 Å². The molecule has 0 aliphatic heterocycles. The summed E-state index contributed by atoms with van der Waals surface area (Å²) in [5.41, 5.74) is 0.945. The van der Waals surface area contributed by atoms with Gasteiger partial charge in [-0.3, -0.25) is 9.59 Å². The number of benzene rings is 1. The minimum atomic E-state index is -1.01. The van der Waals surface area contributed by atoms with Crippen molar-refractivity contribution in [2.75, 3.05) is 0 Å². The summed E-state index contributed by atoms with van der Waals surface area (Å²) in [6.07, 6.45) is 1.68. The van der Waals surface area contributed by atoms with Gasteiger partial charge >= 0.3 is 5.97 Å². The third-order valence-corrected chi connectivity index (χ3v) is 3.49. The Morgan fingerprint density at radius 2 is 1.65 bits per heavy atom. The molecule has 0 saturated heterocycles. The first-order valence-corrected chi connectivity index (χ1v) is 6.58. The van der Waals surface area contributed by atoms with Crippen LogP contribution in [-0.4, -0.2) is 39.7 Å². The molecule has 5 heteroatoms. The van der Waals surface area contributed by atoms with E-state index in [2.05, 4.69) is 0 Å². The van der Waals surface area contributed by atoms with Crippen LogP contribution >= 0.6 is 0 Å². The second-order valence-electron chi connectivity index (χ2n) is 5.09. The van der Waals surface area contributed by atoms with Crippen molar-refractivity contribution in [2.24, 2.45) is 0 Å². The molecule has 0 radical (unpaired) electrons. The highest BCUT2D eigenvalue weighted by Gasteiger charge is 2.38. The van der Waals surface area contributed by atoms with Crippen molar-refractivity contribution in [3.8, 4) is 0 Å². The molecule has 1 aliphatic rings. The highest BCUT2D eigenvalue weighted by atomic mass is 16.4. The standard InChI is InChI=1S/C15H17NO4/c1-9(15(19)20)16(13-7-8-13)14(18)12-5-3-11(4-6-12)10(2)17/h3-6,9,13H,7-8H2,1-2H3,(H,19,20). The Morgan fingerprint density at radius 3 is 2.05 bits per heavy atom. The van der Waals surface area contributed by atoms with Gasteiger partial charge in [0, 0.05) is 17.2 Å². The van der Waals surface area contributed by atoms with Gasteiger partial charge in [0.2, 0.25) is 0 Å². The summed E-state index contributed by atoms with van der Waals surface area (Å²) < 4.78 is 0. The van der Waals surface area contributed by atoms with Crippen LogP contribution in [0.25, 0.3) is 0 Å². The number of rotatable bonds is 5. The summed E-state index contributed by atoms with van der Waals surface area (Å²) in [6.45, 7) is 2.97. The molecule has 0 aromatic heterocycles. The summed E-state index contributed by atoms with van der Waals surface area (Å²) in [6, 6.07) is 5.49. The summed E-state index contributed by atoms with van der Waals surface area (Å²) in [7, 11) is 0. The number of Topliss-reactive ketones (excluding diaryl/α,β-unsaturated/α-hetero) is 1. The van der Waals surface area contributed by atoms with E-state index in [1.54, 1.807) is 24.3 Å². The number of ketones is 1. The molecule has 106 valence electrons. The molecule has 1 N–H and O–H groups in total. The number of carbonyl (C=O) groups is 3. The first kappa shape index (κ1) is 14.2. The second-order valence-corrected chi connectivity index (χ2v) is 5.09. The Labute approximate surface area is 117 Å². The molecular formula is C15H17NO4. The smallest absolute Gasteiger partial charge is 0.326 e. The Morgan fingerprint density at radius 1 is 1.15 bits per heavy atom. The van der Waals surface area contributed by atoms with Crippen LogP contribution in [0.4, 0.5) is 0 Å². The quantitative estimate of drug-likeness (QED) is 0.834. The van der Waals surface area contributed by atoms with Gasteiger partial charge in [0.05, 0.1) is 0 Å². The lowest BCUT2D eigenvalue weighted by molar-refractivity contribution is -0.141. The third kappa shape index (κ3) is 2.87. The van der Waals surface area contributed by atoms with Crippen molar-refractivity contribution in [3.05, 3.63) is 35.4 Å². The van der Waals surface area contributed by atoms with Crippen LogP contribution in [0, 0.1) is 0 Å². The number of nitrogens with zero attached hydrogens (tertiary/aromatic N) is 1. The molecular weight excluding hydrogens is 258 g/mol. The summed E-state index contributed by atoms with van der Waals surface area (Å²) >= 11 is 0. The number of carboxylic acid groups (broad SMARTS) is 1. The molecule has 1 aliphatic carbocycles. The Bertz CT molecular complexity index is 545. The first-order valence-electron chi connectivity index (χ1n) is 6.58. The lowest BCUT2D eigenvalue weighted by atomic mass is 10.1. The second kappa shape index (κ2) is 5.45. The van der Waals surface area contributed by atoms with E-state index in [4.69, 9.17) is 5.11 Å². The molecule has 0 spiro atoms. The van der Waals surface area contributed by atoms with Gasteiger partial charge in [-0.05, 0) is 38.8 Å². The molecule has 1 amide bonds. The van der Waals surface area contributed by atoms with Crippen LogP contribution in [0.2, 0.25) is 0 Å². The predicted molar refractivity (Wildman–Crippen MR) is 72.7 cm³/mol. The number of carboxylic acids is 1. The van der Waals surface area contributed by atoms with Crippen LogP contribution in [0.1, 0.15) is 47.4 Å². The largest absolute Gasteiger partial charge is 0.480 e. The lowest BCUT2D eigenvalue weighted by Gasteiger charge is -2.26. The fourth-order valence-corrected chi connectivity index (χ4v) is 2.13. The molecule has 1 aromatic rings. The Hall–Kier alpha value is -2.17. The first-order chi connectivity index (χ1) is 9.41. The molecule has 1 fully saturated rings. The van der Waals surface area contributed by atoms with Crippen LogP contribution < -0.4 is 0 Å². The van der Waals surface area contributed by atoms with Crippen LogP contribution in [0.15, 0.2) is 24.3 Å². The summed E-state index contributed by atoms with van der Waals surface area (Å²) in [4.78, 5) is 36.2. The predicted octanol–water partition coefficient (Wildman–Crippen LogP) is 1.97. The van der Waals surface area contributed by atoms with E-state index in [1.807, 2.05) is 0 Å². The van der Waals surface area contributed by atoms with Gasteiger partial charge in [-0.15, -0.1) is 0 Å². The molecule has 0 heterocycles. The highest BCUT2D eigenvalue weighted by molar-refractivity contribution is 5.99. The van der Waals surface area contributed by atoms with Crippen molar-refractivity contribution in [2.45, 2.75) is 38.8 Å². The summed E-state index contributed by atoms with van der Waals surface area (Å²) in [5.74, 6) is -1.37. The lowest BCUT2D eigenvalue weighted by Crippen LogP contribution is -2.44. The third-order valence-electron chi connectivity index (χ3n) is 3.49. The molecule has 1 unspecified atom stereocenters. The van der Waals surface area contributed by atoms with Crippen molar-refractivity contribution < 1.29 is 19.5 Å². The van der Waals surface area contributed by atoms with Gasteiger partial charge in [0.1, 0.15) is 6.04 Å². The van der Waals surface area contributed by atoms with E-state index in [0.717, 1.165) is 12.8 Å². The maximum atomic E-state index is 12.4. The topological polar surface area (TPSA) is 74.7 Å². The monoisotopic (exact) mass is 275 g/mol. The van der Waals surface area contributed by atoms with Gasteiger partial charge < -0.3 is 10.0 Å². The maximum absolute atomic E-state index is 12.4. The van der Waals surface area contributed by atoms with E-state index >= 15 is 0 Å². The van der Waals surface area contributed by atoms with Crippen molar-refractivity contribution in [3.63, 3.8) is 0 Å². The van der Waals surface area contributed by atoms with Gasteiger partial charge in [0.25, 0.3) is 5.91 Å². The van der Waals surface area contributed by atoms with Crippen LogP contribution in [-0.2, 0) is 4.79 Å². The van der Waals surface area contributed by atoms with E-state index in [-0.39, 0.29) is 17.7 Å². The number of amides is 1. The van der Waals surface area contributed by atoms with E-state index < -0.39 is 12.0 Å². The fraction of sp³-hybridized carbons (Fsp3) is 0.400. The molecule has 5 nitrogen and oxygen atoms in total. The van der Waals surface area contributed by atoms with Gasteiger partial charge in [0.15, 0.2) is 5.78 Å².